The van der Waals surface area contributed by atoms with Crippen molar-refractivity contribution in [2.24, 2.45) is 11.8 Å². The molecule has 0 amide bonds. The van der Waals surface area contributed by atoms with Crippen LogP contribution in [-0.4, -0.2) is 39.5 Å². The fourth-order valence-corrected chi connectivity index (χ4v) is 3.03. The predicted molar refractivity (Wildman–Crippen MR) is 87.1 cm³/mol. The van der Waals surface area contributed by atoms with E-state index in [1.807, 2.05) is 25.5 Å². The molecule has 2 aromatic rings. The van der Waals surface area contributed by atoms with Gasteiger partial charge < -0.3 is 9.64 Å². The summed E-state index contributed by atoms with van der Waals surface area (Å²) < 4.78 is 8.04. The quantitative estimate of drug-likeness (QED) is 0.845. The zero-order valence-corrected chi connectivity index (χ0v) is 13.6. The number of aromatic nitrogens is 4. The Kier molecular flexibility index (Phi) is 3.99. The molecule has 0 N–H and O–H groups in total. The van der Waals surface area contributed by atoms with Gasteiger partial charge in [0.1, 0.15) is 0 Å². The van der Waals surface area contributed by atoms with E-state index >= 15 is 0 Å². The van der Waals surface area contributed by atoms with Gasteiger partial charge in [-0.3, -0.25) is 4.68 Å². The molecule has 2 aliphatic rings. The van der Waals surface area contributed by atoms with Crippen LogP contribution in [0.1, 0.15) is 24.1 Å². The molecule has 6 heteroatoms. The third-order valence-electron chi connectivity index (χ3n) is 4.52. The van der Waals surface area contributed by atoms with Crippen LogP contribution in [0.4, 0.5) is 5.95 Å². The molecule has 3 heterocycles. The first-order valence-corrected chi connectivity index (χ1v) is 8.40. The zero-order valence-electron chi connectivity index (χ0n) is 13.6. The van der Waals surface area contributed by atoms with Crippen molar-refractivity contribution in [3.8, 4) is 0 Å². The van der Waals surface area contributed by atoms with Gasteiger partial charge in [0.2, 0.25) is 5.95 Å². The van der Waals surface area contributed by atoms with E-state index in [1.54, 1.807) is 0 Å². The van der Waals surface area contributed by atoms with E-state index in [4.69, 9.17) is 4.74 Å². The summed E-state index contributed by atoms with van der Waals surface area (Å²) >= 11 is 0. The minimum atomic E-state index is 0.403. The number of anilines is 1. The third kappa shape index (κ3) is 3.52. The molecule has 6 nitrogen and oxygen atoms in total. The van der Waals surface area contributed by atoms with E-state index in [2.05, 4.69) is 30.7 Å². The number of aryl methyl sites for hydroxylation is 1. The Labute approximate surface area is 136 Å². The van der Waals surface area contributed by atoms with Crippen LogP contribution in [-0.2, 0) is 17.8 Å². The molecular formula is C17H23N5O. The molecule has 0 spiro atoms. The van der Waals surface area contributed by atoms with Crippen LogP contribution < -0.4 is 4.90 Å². The van der Waals surface area contributed by atoms with Gasteiger partial charge in [-0.15, -0.1) is 0 Å². The predicted octanol–water partition coefficient (Wildman–Crippen LogP) is 2.04. The molecule has 1 saturated carbocycles. The van der Waals surface area contributed by atoms with Gasteiger partial charge in [0, 0.05) is 44.2 Å². The normalized spacial score (nSPS) is 21.1. The number of hydrogen-bond acceptors (Lipinski definition) is 5. The molecule has 1 aliphatic heterocycles. The van der Waals surface area contributed by atoms with Crippen LogP contribution in [0.5, 0.6) is 0 Å². The van der Waals surface area contributed by atoms with Crippen LogP contribution in [0.15, 0.2) is 24.7 Å². The summed E-state index contributed by atoms with van der Waals surface area (Å²) in [4.78, 5) is 11.2. The monoisotopic (exact) mass is 313 g/mol. The summed E-state index contributed by atoms with van der Waals surface area (Å²) in [5, 5.41) is 4.46. The SMILES string of the molecule is Cc1cnc(N2Cc3ccnn3CC(COCC3CC3)C2)nc1. The van der Waals surface area contributed by atoms with E-state index in [-0.39, 0.29) is 0 Å². The van der Waals surface area contributed by atoms with Gasteiger partial charge in [-0.1, -0.05) is 0 Å². The maximum Gasteiger partial charge on any atom is 0.225 e. The van der Waals surface area contributed by atoms with Crippen LogP contribution in [0.25, 0.3) is 0 Å². The molecule has 0 aromatic carbocycles. The van der Waals surface area contributed by atoms with E-state index < -0.39 is 0 Å². The van der Waals surface area contributed by atoms with Crippen molar-refractivity contribution < 1.29 is 4.74 Å². The Bertz CT molecular complexity index is 649. The molecule has 2 aromatic heterocycles. The Hall–Kier alpha value is -1.95. The second kappa shape index (κ2) is 6.28. The molecule has 4 rings (SSSR count). The van der Waals surface area contributed by atoms with Gasteiger partial charge in [-0.05, 0) is 37.3 Å². The standard InChI is InChI=1S/C17H23N5O/c1-13-6-18-17(19-7-13)21-8-15(12-23-11-14-2-3-14)9-22-16(10-21)4-5-20-22/h4-7,14-15H,2-3,8-12H2,1H3. The van der Waals surface area contributed by atoms with Gasteiger partial charge in [0.25, 0.3) is 0 Å². The Morgan fingerprint density at radius 1 is 1.13 bits per heavy atom. The lowest BCUT2D eigenvalue weighted by molar-refractivity contribution is 0.0871. The number of fused-ring (bicyclic) bond motifs is 1. The Morgan fingerprint density at radius 3 is 2.70 bits per heavy atom. The van der Waals surface area contributed by atoms with Crippen molar-refractivity contribution in [1.82, 2.24) is 19.7 Å². The summed E-state index contributed by atoms with van der Waals surface area (Å²) in [7, 11) is 0. The highest BCUT2D eigenvalue weighted by Gasteiger charge is 2.26. The smallest absolute Gasteiger partial charge is 0.225 e. The lowest BCUT2D eigenvalue weighted by atomic mass is 10.1. The first kappa shape index (κ1) is 14.6. The third-order valence-corrected chi connectivity index (χ3v) is 4.52. The molecule has 0 saturated heterocycles. The van der Waals surface area contributed by atoms with Crippen LogP contribution >= 0.6 is 0 Å². The summed E-state index contributed by atoms with van der Waals surface area (Å²) in [6.45, 7) is 6.28. The van der Waals surface area contributed by atoms with Gasteiger partial charge in [-0.25, -0.2) is 9.97 Å². The highest BCUT2D eigenvalue weighted by Crippen LogP contribution is 2.29. The van der Waals surface area contributed by atoms with Gasteiger partial charge in [0.15, 0.2) is 0 Å². The molecule has 1 aliphatic carbocycles. The van der Waals surface area contributed by atoms with Crippen LogP contribution in [0, 0.1) is 18.8 Å². The molecule has 1 unspecified atom stereocenters. The molecule has 0 radical (unpaired) electrons. The van der Waals surface area contributed by atoms with E-state index in [9.17, 15) is 0 Å². The maximum absolute atomic E-state index is 5.94. The summed E-state index contributed by atoms with van der Waals surface area (Å²) in [6, 6.07) is 2.08. The lowest BCUT2D eigenvalue weighted by Gasteiger charge is -2.24. The summed E-state index contributed by atoms with van der Waals surface area (Å²) in [6.07, 6.45) is 8.29. The average Bonchev–Trinajstić information content (AvgIpc) is 3.30. The topological polar surface area (TPSA) is 56.1 Å². The first-order valence-electron chi connectivity index (χ1n) is 8.40. The van der Waals surface area contributed by atoms with Crippen molar-refractivity contribution in [2.45, 2.75) is 32.9 Å². The van der Waals surface area contributed by atoms with Gasteiger partial charge in [-0.2, -0.15) is 5.10 Å². The molecule has 122 valence electrons. The minimum absolute atomic E-state index is 0.403. The van der Waals surface area contributed by atoms with Crippen molar-refractivity contribution in [3.63, 3.8) is 0 Å². The van der Waals surface area contributed by atoms with E-state index in [0.29, 0.717) is 5.92 Å². The average molecular weight is 313 g/mol. The number of ether oxygens (including phenoxy) is 1. The largest absolute Gasteiger partial charge is 0.381 e. The number of nitrogens with zero attached hydrogens (tertiary/aromatic N) is 5. The van der Waals surface area contributed by atoms with Crippen molar-refractivity contribution in [1.29, 1.82) is 0 Å². The Morgan fingerprint density at radius 2 is 1.91 bits per heavy atom. The summed E-state index contributed by atoms with van der Waals surface area (Å²) in [5.74, 6) is 2.00. The molecule has 1 atom stereocenters. The molecule has 0 bridgehead atoms. The summed E-state index contributed by atoms with van der Waals surface area (Å²) in [5.41, 5.74) is 2.29. The van der Waals surface area contributed by atoms with Gasteiger partial charge >= 0.3 is 0 Å². The second-order valence-corrected chi connectivity index (χ2v) is 6.79. The maximum atomic E-state index is 5.94. The highest BCUT2D eigenvalue weighted by molar-refractivity contribution is 5.31. The number of hydrogen-bond donors (Lipinski definition) is 0. The molecule has 23 heavy (non-hydrogen) atoms. The molecule has 1 fully saturated rings. The second-order valence-electron chi connectivity index (χ2n) is 6.79. The lowest BCUT2D eigenvalue weighted by Crippen LogP contribution is -2.31. The van der Waals surface area contributed by atoms with Crippen LogP contribution in [0.2, 0.25) is 0 Å². The van der Waals surface area contributed by atoms with Crippen molar-refractivity contribution in [2.75, 3.05) is 24.7 Å². The van der Waals surface area contributed by atoms with Crippen molar-refractivity contribution >= 4 is 5.95 Å². The zero-order chi connectivity index (χ0) is 15.6. The van der Waals surface area contributed by atoms with E-state index in [0.717, 1.165) is 50.3 Å². The van der Waals surface area contributed by atoms with Crippen LogP contribution in [0.3, 0.4) is 0 Å². The van der Waals surface area contributed by atoms with Gasteiger partial charge in [0.05, 0.1) is 18.8 Å². The Balaban J connectivity index is 1.50. The fraction of sp³-hybridized carbons (Fsp3) is 0.588. The first-order chi connectivity index (χ1) is 11.3. The molecular weight excluding hydrogens is 290 g/mol. The highest BCUT2D eigenvalue weighted by atomic mass is 16.5. The number of rotatable bonds is 5. The minimum Gasteiger partial charge on any atom is -0.381 e. The fourth-order valence-electron chi connectivity index (χ4n) is 3.03. The van der Waals surface area contributed by atoms with Crippen molar-refractivity contribution in [3.05, 3.63) is 35.9 Å². The van der Waals surface area contributed by atoms with E-state index in [1.165, 1.54) is 18.5 Å².